The second kappa shape index (κ2) is 8.35. The van der Waals surface area contributed by atoms with E-state index in [-0.39, 0.29) is 0 Å². The Morgan fingerprint density at radius 1 is 1.00 bits per heavy atom. The van der Waals surface area contributed by atoms with E-state index in [0.717, 1.165) is 44.7 Å². The highest BCUT2D eigenvalue weighted by molar-refractivity contribution is 5.80. The number of nitrogens with zero attached hydrogens (tertiary/aromatic N) is 5. The molecule has 0 radical (unpaired) electrons. The first-order valence-electron chi connectivity index (χ1n) is 11.4. The summed E-state index contributed by atoms with van der Waals surface area (Å²) >= 11 is 0. The predicted octanol–water partition coefficient (Wildman–Crippen LogP) is 3.48. The number of amides is 1. The molecule has 2 aliphatic heterocycles. The first kappa shape index (κ1) is 20.1. The molecule has 0 spiro atoms. The molecule has 31 heavy (non-hydrogen) atoms. The van der Waals surface area contributed by atoms with E-state index in [2.05, 4.69) is 71.3 Å². The Morgan fingerprint density at radius 2 is 1.77 bits per heavy atom. The number of aromatic nitrogens is 2. The molecule has 3 aromatic rings. The fourth-order valence-electron chi connectivity index (χ4n) is 4.97. The second-order valence-corrected chi connectivity index (χ2v) is 9.10. The van der Waals surface area contributed by atoms with E-state index in [4.69, 9.17) is 0 Å². The van der Waals surface area contributed by atoms with Crippen molar-refractivity contribution in [2.24, 2.45) is 0 Å². The van der Waals surface area contributed by atoms with Crippen molar-refractivity contribution < 1.29 is 4.79 Å². The van der Waals surface area contributed by atoms with Gasteiger partial charge in [0.25, 0.3) is 0 Å². The van der Waals surface area contributed by atoms with E-state index in [0.29, 0.717) is 12.0 Å². The first-order chi connectivity index (χ1) is 15.1. The minimum atomic E-state index is 0.626. The van der Waals surface area contributed by atoms with Gasteiger partial charge in [0.15, 0.2) is 0 Å². The van der Waals surface area contributed by atoms with Crippen LogP contribution in [0.15, 0.2) is 48.8 Å². The summed E-state index contributed by atoms with van der Waals surface area (Å²) in [4.78, 5) is 17.8. The summed E-state index contributed by atoms with van der Waals surface area (Å²) in [5.41, 5.74) is 6.16. The van der Waals surface area contributed by atoms with Crippen molar-refractivity contribution in [1.29, 1.82) is 0 Å². The summed E-state index contributed by atoms with van der Waals surface area (Å²) in [7, 11) is 0. The summed E-state index contributed by atoms with van der Waals surface area (Å²) < 4.78 is 1.97. The number of rotatable bonds is 5. The first-order valence-corrected chi connectivity index (χ1v) is 11.4. The lowest BCUT2D eigenvalue weighted by Crippen LogP contribution is -2.45. The van der Waals surface area contributed by atoms with E-state index in [1.54, 1.807) is 0 Å². The van der Waals surface area contributed by atoms with Crippen molar-refractivity contribution in [3.8, 4) is 11.1 Å². The van der Waals surface area contributed by atoms with Gasteiger partial charge >= 0.3 is 0 Å². The topological polar surface area (TPSA) is 44.1 Å². The quantitative estimate of drug-likeness (QED) is 0.596. The van der Waals surface area contributed by atoms with Gasteiger partial charge in [-0.25, -0.2) is 4.52 Å². The van der Waals surface area contributed by atoms with Gasteiger partial charge in [-0.2, -0.15) is 5.10 Å². The summed E-state index contributed by atoms with van der Waals surface area (Å²) in [6.07, 6.45) is 6.18. The van der Waals surface area contributed by atoms with Crippen molar-refractivity contribution in [1.82, 2.24) is 19.4 Å². The normalized spacial score (nSPS) is 20.2. The number of hydrogen-bond acceptors (Lipinski definition) is 4. The van der Waals surface area contributed by atoms with E-state index >= 15 is 0 Å². The molecule has 2 aromatic heterocycles. The van der Waals surface area contributed by atoms with Gasteiger partial charge in [-0.15, -0.1) is 0 Å². The Labute approximate surface area is 184 Å². The zero-order chi connectivity index (χ0) is 21.4. The molecule has 0 N–H and O–H groups in total. The molecule has 2 aliphatic rings. The van der Waals surface area contributed by atoms with E-state index < -0.39 is 0 Å². The largest absolute Gasteiger partial charge is 0.366 e. The minimum Gasteiger partial charge on any atom is -0.366 e. The van der Waals surface area contributed by atoms with Crippen LogP contribution in [-0.2, 0) is 4.79 Å². The molecule has 0 unspecified atom stereocenters. The van der Waals surface area contributed by atoms with Crippen LogP contribution in [0.5, 0.6) is 0 Å². The summed E-state index contributed by atoms with van der Waals surface area (Å²) in [6.45, 7) is 10.2. The molecular weight excluding hydrogens is 386 g/mol. The molecular formula is C25H31N5O. The van der Waals surface area contributed by atoms with Crippen LogP contribution in [0.2, 0.25) is 0 Å². The lowest BCUT2D eigenvalue weighted by molar-refractivity contribution is -0.118. The maximum absolute atomic E-state index is 11.0. The Hall–Kier alpha value is -2.86. The number of hydrogen-bond donors (Lipinski definition) is 0. The molecule has 5 rings (SSSR count). The molecule has 4 heterocycles. The maximum atomic E-state index is 11.0. The molecule has 0 aliphatic carbocycles. The van der Waals surface area contributed by atoms with Crippen molar-refractivity contribution >= 4 is 17.6 Å². The number of likely N-dealkylation sites (tertiary alicyclic amines) is 1. The molecule has 0 saturated carbocycles. The molecule has 0 bridgehead atoms. The van der Waals surface area contributed by atoms with Crippen LogP contribution >= 0.6 is 0 Å². The molecule has 162 valence electrons. The van der Waals surface area contributed by atoms with Crippen LogP contribution in [0, 0.1) is 0 Å². The van der Waals surface area contributed by atoms with Gasteiger partial charge < -0.3 is 14.7 Å². The number of anilines is 1. The summed E-state index contributed by atoms with van der Waals surface area (Å²) in [5.74, 6) is 0.642. The number of benzene rings is 1. The number of carbonyl (C=O) groups is 1. The standard InChI is InChI=1S/C25H31N5O/c1-19(2)29-10-8-22(16-29)20-3-5-21(6-4-20)23-15-25-24(7-9-26-30(25)17-23)28-13-11-27(18-31)12-14-28/h3-7,9,15,17-19,22H,8,10-14,16H2,1-2H3/t22-/m0/s1. The number of piperazine rings is 1. The van der Waals surface area contributed by atoms with Crippen LogP contribution in [0.25, 0.3) is 16.6 Å². The molecule has 6 heteroatoms. The molecule has 1 atom stereocenters. The Bertz CT molecular complexity index is 1050. The van der Waals surface area contributed by atoms with Crippen molar-refractivity contribution in [3.63, 3.8) is 0 Å². The van der Waals surface area contributed by atoms with Gasteiger partial charge in [-0.3, -0.25) is 4.79 Å². The fraction of sp³-hybridized carbons (Fsp3) is 0.440. The molecule has 2 saturated heterocycles. The van der Waals surface area contributed by atoms with E-state index in [9.17, 15) is 4.79 Å². The SMILES string of the molecule is CC(C)N1CC[C@H](c2ccc(-c3cc4c(N5CCN(C=O)CC5)ccnn4c3)cc2)C1. The van der Waals surface area contributed by atoms with Gasteiger partial charge in [0.1, 0.15) is 0 Å². The Kier molecular flexibility index (Phi) is 5.40. The van der Waals surface area contributed by atoms with Crippen molar-refractivity contribution in [2.75, 3.05) is 44.2 Å². The highest BCUT2D eigenvalue weighted by Crippen LogP contribution is 2.32. The van der Waals surface area contributed by atoms with Gasteiger partial charge in [0.2, 0.25) is 6.41 Å². The molecule has 6 nitrogen and oxygen atoms in total. The second-order valence-electron chi connectivity index (χ2n) is 9.10. The van der Waals surface area contributed by atoms with Gasteiger partial charge in [-0.1, -0.05) is 24.3 Å². The smallest absolute Gasteiger partial charge is 0.209 e. The maximum Gasteiger partial charge on any atom is 0.209 e. The van der Waals surface area contributed by atoms with Crippen LogP contribution in [0.1, 0.15) is 31.7 Å². The highest BCUT2D eigenvalue weighted by atomic mass is 16.1. The van der Waals surface area contributed by atoms with E-state index in [1.165, 1.54) is 35.3 Å². The summed E-state index contributed by atoms with van der Waals surface area (Å²) in [5, 5.41) is 4.54. The number of fused-ring (bicyclic) bond motifs is 1. The van der Waals surface area contributed by atoms with Gasteiger partial charge in [0, 0.05) is 56.7 Å². The monoisotopic (exact) mass is 417 g/mol. The summed E-state index contributed by atoms with van der Waals surface area (Å²) in [6, 6.07) is 14.1. The Morgan fingerprint density at radius 3 is 2.45 bits per heavy atom. The van der Waals surface area contributed by atoms with Gasteiger partial charge in [0.05, 0.1) is 11.2 Å². The van der Waals surface area contributed by atoms with Crippen molar-refractivity contribution in [2.45, 2.75) is 32.2 Å². The zero-order valence-corrected chi connectivity index (χ0v) is 18.4. The van der Waals surface area contributed by atoms with Gasteiger partial charge in [-0.05, 0) is 56.0 Å². The molecule has 1 amide bonds. The average Bonchev–Trinajstić information content (AvgIpc) is 3.47. The van der Waals surface area contributed by atoms with E-state index in [1.807, 2.05) is 15.6 Å². The fourth-order valence-corrected chi connectivity index (χ4v) is 4.97. The number of carbonyl (C=O) groups excluding carboxylic acids is 1. The van der Waals surface area contributed by atoms with Crippen LogP contribution in [0.4, 0.5) is 5.69 Å². The Balaban J connectivity index is 1.37. The lowest BCUT2D eigenvalue weighted by Gasteiger charge is -2.34. The third-order valence-corrected chi connectivity index (χ3v) is 6.96. The van der Waals surface area contributed by atoms with Crippen molar-refractivity contribution in [3.05, 3.63) is 54.4 Å². The minimum absolute atomic E-state index is 0.626. The molecule has 1 aromatic carbocycles. The van der Waals surface area contributed by atoms with Crippen LogP contribution in [0.3, 0.4) is 0 Å². The predicted molar refractivity (Wildman–Crippen MR) is 125 cm³/mol. The third-order valence-electron chi connectivity index (χ3n) is 6.96. The molecule has 2 fully saturated rings. The zero-order valence-electron chi connectivity index (χ0n) is 18.4. The van der Waals surface area contributed by atoms with Crippen LogP contribution in [-0.4, -0.2) is 71.1 Å². The highest BCUT2D eigenvalue weighted by Gasteiger charge is 2.25. The third kappa shape index (κ3) is 3.92. The average molecular weight is 418 g/mol. The van der Waals surface area contributed by atoms with Crippen LogP contribution < -0.4 is 4.90 Å². The lowest BCUT2D eigenvalue weighted by atomic mass is 9.96.